The Morgan fingerprint density at radius 1 is 1.26 bits per heavy atom. The zero-order chi connectivity index (χ0) is 17.3. The number of pyridine rings is 1. The fourth-order valence-corrected chi connectivity index (χ4v) is 3.86. The van der Waals surface area contributed by atoms with E-state index in [-0.39, 0.29) is 22.9 Å². The van der Waals surface area contributed by atoms with Crippen LogP contribution in [0.4, 0.5) is 0 Å². The molecule has 23 heavy (non-hydrogen) atoms. The number of hydrogen-bond acceptors (Lipinski definition) is 3. The first-order valence-electron chi connectivity index (χ1n) is 8.34. The lowest BCUT2D eigenvalue weighted by Gasteiger charge is -2.47. The van der Waals surface area contributed by atoms with E-state index in [9.17, 15) is 14.7 Å². The number of Topliss-reactive ketones (excluding diaryl/α,β-unsaturated/α-hetero) is 2. The molecule has 1 fully saturated rings. The molecule has 0 aliphatic heterocycles. The summed E-state index contributed by atoms with van der Waals surface area (Å²) in [5, 5.41) is 10.6. The molecule has 1 N–H and O–H groups in total. The fourth-order valence-electron chi connectivity index (χ4n) is 3.86. The fraction of sp³-hybridized carbons (Fsp3) is 0.632. The molecule has 1 aromatic rings. The molecular formula is C19H28NO3+. The minimum atomic E-state index is -0.953. The van der Waals surface area contributed by atoms with Gasteiger partial charge in [0.2, 0.25) is 0 Å². The predicted octanol–water partition coefficient (Wildman–Crippen LogP) is 2.26. The summed E-state index contributed by atoms with van der Waals surface area (Å²) in [5.41, 5.74) is 0.00219. The molecule has 1 aromatic heterocycles. The standard InChI is InChI=1S/C19H28NO3/c1-14(21)5-8-19(16-6-11-20(4)12-7-16)10-9-18(3,23)17(13-19)15(2)22/h6-7,11-12,17,23H,5,8-10,13H2,1-4H3/q+1/t17-,18-,19+/m0/s1. The first-order chi connectivity index (χ1) is 10.7. The summed E-state index contributed by atoms with van der Waals surface area (Å²) in [6.07, 6.45) is 7.22. The molecule has 0 saturated heterocycles. The number of hydrogen-bond donors (Lipinski definition) is 1. The van der Waals surface area contributed by atoms with Crippen LogP contribution in [0.25, 0.3) is 0 Å². The molecule has 0 amide bonds. The summed E-state index contributed by atoms with van der Waals surface area (Å²) in [7, 11) is 1.97. The Morgan fingerprint density at radius 2 is 1.87 bits per heavy atom. The average Bonchev–Trinajstić information content (AvgIpc) is 2.47. The number of aliphatic hydroxyl groups is 1. The van der Waals surface area contributed by atoms with Gasteiger partial charge in [-0.15, -0.1) is 0 Å². The van der Waals surface area contributed by atoms with Crippen molar-refractivity contribution in [3.8, 4) is 0 Å². The first-order valence-corrected chi connectivity index (χ1v) is 8.34. The minimum Gasteiger partial charge on any atom is -0.389 e. The maximum absolute atomic E-state index is 12.1. The van der Waals surface area contributed by atoms with Crippen molar-refractivity contribution in [2.45, 2.75) is 63.9 Å². The summed E-state index contributed by atoms with van der Waals surface area (Å²) in [6.45, 7) is 4.93. The van der Waals surface area contributed by atoms with Gasteiger partial charge < -0.3 is 9.90 Å². The third kappa shape index (κ3) is 3.86. The van der Waals surface area contributed by atoms with E-state index in [0.717, 1.165) is 12.8 Å². The third-order valence-electron chi connectivity index (χ3n) is 5.49. The van der Waals surface area contributed by atoms with Crippen LogP contribution in [0.5, 0.6) is 0 Å². The molecule has 0 radical (unpaired) electrons. The Morgan fingerprint density at radius 3 is 2.39 bits per heavy atom. The van der Waals surface area contributed by atoms with Crippen LogP contribution in [0.2, 0.25) is 0 Å². The molecule has 1 saturated carbocycles. The number of ketones is 2. The van der Waals surface area contributed by atoms with Crippen LogP contribution in [0.1, 0.15) is 58.4 Å². The summed E-state index contributed by atoms with van der Waals surface area (Å²) in [4.78, 5) is 23.6. The number of nitrogens with zero attached hydrogens (tertiary/aromatic N) is 1. The van der Waals surface area contributed by atoms with Crippen molar-refractivity contribution in [3.05, 3.63) is 30.1 Å². The quantitative estimate of drug-likeness (QED) is 0.847. The van der Waals surface area contributed by atoms with Crippen molar-refractivity contribution >= 4 is 11.6 Å². The Bertz CT molecular complexity index is 591. The molecule has 1 aliphatic rings. The van der Waals surface area contributed by atoms with Gasteiger partial charge >= 0.3 is 0 Å². The summed E-state index contributed by atoms with van der Waals surface area (Å²) < 4.78 is 1.98. The van der Waals surface area contributed by atoms with E-state index in [1.54, 1.807) is 20.8 Å². The molecule has 4 nitrogen and oxygen atoms in total. The van der Waals surface area contributed by atoms with Crippen LogP contribution in [0.15, 0.2) is 24.5 Å². The van der Waals surface area contributed by atoms with Gasteiger partial charge in [0.05, 0.1) is 5.60 Å². The molecule has 0 bridgehead atoms. The zero-order valence-electron chi connectivity index (χ0n) is 14.6. The van der Waals surface area contributed by atoms with Gasteiger partial charge in [-0.3, -0.25) is 4.79 Å². The van der Waals surface area contributed by atoms with Crippen LogP contribution in [-0.4, -0.2) is 22.3 Å². The van der Waals surface area contributed by atoms with Crippen LogP contribution < -0.4 is 4.57 Å². The topological polar surface area (TPSA) is 58.2 Å². The number of aryl methyl sites for hydroxylation is 1. The Hall–Kier alpha value is -1.55. The van der Waals surface area contributed by atoms with Gasteiger partial charge in [0, 0.05) is 24.5 Å². The lowest BCUT2D eigenvalue weighted by Crippen LogP contribution is -2.49. The second kappa shape index (κ2) is 6.52. The van der Waals surface area contributed by atoms with Crippen LogP contribution in [-0.2, 0) is 22.1 Å². The van der Waals surface area contributed by atoms with Crippen LogP contribution >= 0.6 is 0 Å². The third-order valence-corrected chi connectivity index (χ3v) is 5.49. The largest absolute Gasteiger partial charge is 0.389 e. The van der Waals surface area contributed by atoms with E-state index in [4.69, 9.17) is 0 Å². The molecule has 1 heterocycles. The normalized spacial score (nSPS) is 30.9. The second-order valence-corrected chi connectivity index (χ2v) is 7.46. The summed E-state index contributed by atoms with van der Waals surface area (Å²) in [5.74, 6) is -0.178. The lowest BCUT2D eigenvalue weighted by atomic mass is 9.58. The SMILES string of the molecule is CC(=O)CC[C@@]1(c2cc[n+](C)cc2)CC[C@](C)(O)[C@H](C(C)=O)C1. The van der Waals surface area contributed by atoms with Gasteiger partial charge in [-0.2, -0.15) is 0 Å². The molecule has 1 aliphatic carbocycles. The smallest absolute Gasteiger partial charge is 0.168 e. The molecule has 126 valence electrons. The number of rotatable bonds is 5. The van der Waals surface area contributed by atoms with Gasteiger partial charge in [0.25, 0.3) is 0 Å². The lowest BCUT2D eigenvalue weighted by molar-refractivity contribution is -0.671. The molecule has 3 atom stereocenters. The predicted molar refractivity (Wildman–Crippen MR) is 87.9 cm³/mol. The molecule has 0 aromatic carbocycles. The Kier molecular flexibility index (Phi) is 5.04. The summed E-state index contributed by atoms with van der Waals surface area (Å²) in [6, 6.07) is 4.16. The first kappa shape index (κ1) is 17.8. The Labute approximate surface area is 138 Å². The highest BCUT2D eigenvalue weighted by Crippen LogP contribution is 2.49. The zero-order valence-corrected chi connectivity index (χ0v) is 14.6. The maximum Gasteiger partial charge on any atom is 0.168 e. The van der Waals surface area contributed by atoms with Crippen LogP contribution in [0, 0.1) is 5.92 Å². The van der Waals surface area contributed by atoms with Crippen molar-refractivity contribution in [3.63, 3.8) is 0 Å². The number of aromatic nitrogens is 1. The highest BCUT2D eigenvalue weighted by Gasteiger charge is 2.48. The van der Waals surface area contributed by atoms with E-state index >= 15 is 0 Å². The van der Waals surface area contributed by atoms with Crippen LogP contribution in [0.3, 0.4) is 0 Å². The van der Waals surface area contributed by atoms with E-state index in [1.165, 1.54) is 5.56 Å². The highest BCUT2D eigenvalue weighted by molar-refractivity contribution is 5.80. The maximum atomic E-state index is 12.1. The van der Waals surface area contributed by atoms with Gasteiger partial charge in [-0.05, 0) is 57.4 Å². The van der Waals surface area contributed by atoms with Crippen molar-refractivity contribution in [1.82, 2.24) is 0 Å². The van der Waals surface area contributed by atoms with Gasteiger partial charge in [0.15, 0.2) is 12.4 Å². The molecule has 0 unspecified atom stereocenters. The van der Waals surface area contributed by atoms with Crippen molar-refractivity contribution in [2.75, 3.05) is 0 Å². The van der Waals surface area contributed by atoms with Gasteiger partial charge in [-0.1, -0.05) is 0 Å². The molecular weight excluding hydrogens is 290 g/mol. The minimum absolute atomic E-state index is 0.0309. The average molecular weight is 318 g/mol. The van der Waals surface area contributed by atoms with Crippen molar-refractivity contribution in [2.24, 2.45) is 13.0 Å². The number of carbonyl (C=O) groups is 2. The second-order valence-electron chi connectivity index (χ2n) is 7.46. The molecule has 2 rings (SSSR count). The highest BCUT2D eigenvalue weighted by atomic mass is 16.3. The van der Waals surface area contributed by atoms with Gasteiger partial charge in [-0.25, -0.2) is 4.57 Å². The van der Waals surface area contributed by atoms with E-state index in [1.807, 2.05) is 24.0 Å². The summed E-state index contributed by atoms with van der Waals surface area (Å²) >= 11 is 0. The molecule has 4 heteroatoms. The monoisotopic (exact) mass is 318 g/mol. The van der Waals surface area contributed by atoms with E-state index in [0.29, 0.717) is 19.3 Å². The van der Waals surface area contributed by atoms with E-state index in [2.05, 4.69) is 12.1 Å². The Balaban J connectivity index is 2.40. The van der Waals surface area contributed by atoms with Gasteiger partial charge in [0.1, 0.15) is 18.6 Å². The number of carbonyl (C=O) groups excluding carboxylic acids is 2. The van der Waals surface area contributed by atoms with Crippen molar-refractivity contribution in [1.29, 1.82) is 0 Å². The van der Waals surface area contributed by atoms with Crippen molar-refractivity contribution < 1.29 is 19.3 Å². The molecule has 0 spiro atoms. The van der Waals surface area contributed by atoms with E-state index < -0.39 is 5.60 Å².